The number of carbonyl (C=O) groups excluding carboxylic acids is 1. The van der Waals surface area contributed by atoms with Crippen LogP contribution < -0.4 is 5.32 Å². The zero-order chi connectivity index (χ0) is 13.2. The van der Waals surface area contributed by atoms with Gasteiger partial charge in [-0.3, -0.25) is 9.78 Å². The Kier molecular flexibility index (Phi) is 3.52. The average molecular weight is 249 g/mol. The first-order chi connectivity index (χ1) is 8.55. The summed E-state index contributed by atoms with van der Waals surface area (Å²) in [6.45, 7) is 0.612. The highest BCUT2D eigenvalue weighted by atomic mass is 16.3. The first kappa shape index (κ1) is 12.8. The van der Waals surface area contributed by atoms with Gasteiger partial charge in [0.05, 0.1) is 11.8 Å². The monoisotopic (exact) mass is 249 g/mol. The molecule has 1 amide bonds. The van der Waals surface area contributed by atoms with E-state index in [1.807, 2.05) is 14.1 Å². The van der Waals surface area contributed by atoms with E-state index in [1.165, 1.54) is 24.9 Å². The first-order valence-corrected chi connectivity index (χ1v) is 6.14. The van der Waals surface area contributed by atoms with Crippen LogP contribution in [0, 0.1) is 0 Å². The SMILES string of the molecule is CN(C)C1(CNC(=O)c2ccncc2O)CCC1. The van der Waals surface area contributed by atoms with E-state index >= 15 is 0 Å². The minimum atomic E-state index is -0.247. The molecule has 2 rings (SSSR count). The smallest absolute Gasteiger partial charge is 0.255 e. The fourth-order valence-corrected chi connectivity index (χ4v) is 2.29. The molecule has 0 aromatic carbocycles. The van der Waals surface area contributed by atoms with Crippen molar-refractivity contribution in [2.45, 2.75) is 24.8 Å². The molecule has 1 aromatic rings. The van der Waals surface area contributed by atoms with Crippen LogP contribution >= 0.6 is 0 Å². The van der Waals surface area contributed by atoms with E-state index in [0.29, 0.717) is 6.54 Å². The number of hydrogen-bond acceptors (Lipinski definition) is 4. The average Bonchev–Trinajstić information content (AvgIpc) is 2.27. The van der Waals surface area contributed by atoms with E-state index in [-0.39, 0.29) is 22.8 Å². The number of carbonyl (C=O) groups is 1. The van der Waals surface area contributed by atoms with Gasteiger partial charge < -0.3 is 15.3 Å². The predicted octanol–water partition coefficient (Wildman–Crippen LogP) is 1.00. The molecule has 98 valence electrons. The van der Waals surface area contributed by atoms with Gasteiger partial charge in [-0.05, 0) is 39.4 Å². The molecule has 0 bridgehead atoms. The lowest BCUT2D eigenvalue weighted by molar-refractivity contribution is 0.0557. The molecular formula is C13H19N3O2. The van der Waals surface area contributed by atoms with Crippen molar-refractivity contribution in [2.75, 3.05) is 20.6 Å². The zero-order valence-corrected chi connectivity index (χ0v) is 10.8. The van der Waals surface area contributed by atoms with Crippen LogP contribution in [0.25, 0.3) is 0 Å². The van der Waals surface area contributed by atoms with Crippen molar-refractivity contribution in [3.05, 3.63) is 24.0 Å². The molecule has 1 saturated carbocycles. The van der Waals surface area contributed by atoms with Gasteiger partial charge in [-0.1, -0.05) is 0 Å². The van der Waals surface area contributed by atoms with Crippen molar-refractivity contribution in [3.8, 4) is 5.75 Å². The Morgan fingerprint density at radius 2 is 2.28 bits per heavy atom. The molecule has 1 aliphatic carbocycles. The molecule has 0 atom stereocenters. The zero-order valence-electron chi connectivity index (χ0n) is 10.8. The lowest BCUT2D eigenvalue weighted by Gasteiger charge is -2.47. The number of rotatable bonds is 4. The number of nitrogens with zero attached hydrogens (tertiary/aromatic N) is 2. The lowest BCUT2D eigenvalue weighted by atomic mass is 9.75. The molecule has 0 aliphatic heterocycles. The highest BCUT2D eigenvalue weighted by Crippen LogP contribution is 2.35. The number of amides is 1. The predicted molar refractivity (Wildman–Crippen MR) is 68.5 cm³/mol. The van der Waals surface area contributed by atoms with Gasteiger partial charge in [0.15, 0.2) is 0 Å². The Morgan fingerprint density at radius 1 is 1.56 bits per heavy atom. The van der Waals surface area contributed by atoms with Gasteiger partial charge in [-0.15, -0.1) is 0 Å². The Morgan fingerprint density at radius 3 is 2.78 bits per heavy atom. The maximum absolute atomic E-state index is 12.0. The van der Waals surface area contributed by atoms with E-state index in [2.05, 4.69) is 15.2 Å². The standard InChI is InChI=1S/C13H19N3O2/c1-16(2)13(5-3-6-13)9-15-12(18)10-4-7-14-8-11(10)17/h4,7-8,17H,3,5-6,9H2,1-2H3,(H,15,18). The maximum atomic E-state index is 12.0. The highest BCUT2D eigenvalue weighted by molar-refractivity contribution is 5.96. The Bertz CT molecular complexity index is 442. The molecule has 1 aliphatic rings. The third kappa shape index (κ3) is 2.31. The van der Waals surface area contributed by atoms with Gasteiger partial charge in [0, 0.05) is 18.3 Å². The van der Waals surface area contributed by atoms with Gasteiger partial charge in [0.1, 0.15) is 5.75 Å². The summed E-state index contributed by atoms with van der Waals surface area (Å²) in [7, 11) is 4.07. The van der Waals surface area contributed by atoms with Crippen LogP contribution in [-0.4, -0.2) is 47.1 Å². The summed E-state index contributed by atoms with van der Waals surface area (Å²) < 4.78 is 0. The van der Waals surface area contributed by atoms with E-state index < -0.39 is 0 Å². The molecule has 0 unspecified atom stereocenters. The van der Waals surface area contributed by atoms with Crippen LogP contribution in [0.3, 0.4) is 0 Å². The minimum Gasteiger partial charge on any atom is -0.505 e. The van der Waals surface area contributed by atoms with E-state index in [0.717, 1.165) is 12.8 Å². The van der Waals surface area contributed by atoms with Crippen LogP contribution in [0.4, 0.5) is 0 Å². The van der Waals surface area contributed by atoms with Crippen LogP contribution in [-0.2, 0) is 0 Å². The van der Waals surface area contributed by atoms with Crippen LogP contribution in [0.1, 0.15) is 29.6 Å². The van der Waals surface area contributed by atoms with Gasteiger partial charge >= 0.3 is 0 Å². The summed E-state index contributed by atoms with van der Waals surface area (Å²) in [6.07, 6.45) is 6.18. The first-order valence-electron chi connectivity index (χ1n) is 6.14. The molecule has 0 spiro atoms. The maximum Gasteiger partial charge on any atom is 0.255 e. The number of nitrogens with one attached hydrogen (secondary N) is 1. The van der Waals surface area contributed by atoms with E-state index in [1.54, 1.807) is 0 Å². The van der Waals surface area contributed by atoms with Gasteiger partial charge in [-0.25, -0.2) is 0 Å². The summed E-state index contributed by atoms with van der Waals surface area (Å²) in [5, 5.41) is 12.5. The summed E-state index contributed by atoms with van der Waals surface area (Å²) in [4.78, 5) is 17.9. The number of aromatic nitrogens is 1. The van der Waals surface area contributed by atoms with Gasteiger partial charge in [0.25, 0.3) is 5.91 Å². The van der Waals surface area contributed by atoms with Crippen molar-refractivity contribution in [1.29, 1.82) is 0 Å². The normalized spacial score (nSPS) is 17.3. The summed E-state index contributed by atoms with van der Waals surface area (Å²) in [5.41, 5.74) is 0.358. The molecule has 1 heterocycles. The molecule has 5 nitrogen and oxygen atoms in total. The number of pyridine rings is 1. The third-order valence-electron chi connectivity index (χ3n) is 3.86. The third-order valence-corrected chi connectivity index (χ3v) is 3.86. The molecule has 1 fully saturated rings. The van der Waals surface area contributed by atoms with Crippen LogP contribution in [0.15, 0.2) is 18.5 Å². The summed E-state index contributed by atoms with van der Waals surface area (Å²) in [6, 6.07) is 1.52. The van der Waals surface area contributed by atoms with Crippen molar-refractivity contribution in [2.24, 2.45) is 0 Å². The van der Waals surface area contributed by atoms with Crippen LogP contribution in [0.2, 0.25) is 0 Å². The largest absolute Gasteiger partial charge is 0.505 e. The highest BCUT2D eigenvalue weighted by Gasteiger charge is 2.39. The van der Waals surface area contributed by atoms with Crippen molar-refractivity contribution in [1.82, 2.24) is 15.2 Å². The second-order valence-electron chi connectivity index (χ2n) is 5.05. The van der Waals surface area contributed by atoms with E-state index in [9.17, 15) is 9.90 Å². The quantitative estimate of drug-likeness (QED) is 0.835. The lowest BCUT2D eigenvalue weighted by Crippen LogP contribution is -2.57. The van der Waals surface area contributed by atoms with Crippen molar-refractivity contribution >= 4 is 5.91 Å². The van der Waals surface area contributed by atoms with Crippen LogP contribution in [0.5, 0.6) is 5.75 Å². The molecule has 18 heavy (non-hydrogen) atoms. The fourth-order valence-electron chi connectivity index (χ4n) is 2.29. The molecular weight excluding hydrogens is 230 g/mol. The van der Waals surface area contributed by atoms with Gasteiger partial charge in [0.2, 0.25) is 0 Å². The number of hydrogen-bond donors (Lipinski definition) is 2. The molecule has 0 radical (unpaired) electrons. The minimum absolute atomic E-state index is 0.0810. The Labute approximate surface area is 107 Å². The summed E-state index contributed by atoms with van der Waals surface area (Å²) in [5.74, 6) is -0.328. The number of likely N-dealkylation sites (N-methyl/N-ethyl adjacent to an activating group) is 1. The second kappa shape index (κ2) is 4.94. The molecule has 2 N–H and O–H groups in total. The van der Waals surface area contributed by atoms with E-state index in [4.69, 9.17) is 0 Å². The second-order valence-corrected chi connectivity index (χ2v) is 5.05. The molecule has 0 saturated heterocycles. The van der Waals surface area contributed by atoms with Gasteiger partial charge in [-0.2, -0.15) is 0 Å². The van der Waals surface area contributed by atoms with Crippen molar-refractivity contribution < 1.29 is 9.90 Å². The fraction of sp³-hybridized carbons (Fsp3) is 0.538. The molecule has 5 heteroatoms. The Hall–Kier alpha value is -1.62. The number of aromatic hydroxyl groups is 1. The molecule has 1 aromatic heterocycles. The van der Waals surface area contributed by atoms with Crippen molar-refractivity contribution in [3.63, 3.8) is 0 Å². The Balaban J connectivity index is 1.99. The summed E-state index contributed by atoms with van der Waals surface area (Å²) >= 11 is 0. The topological polar surface area (TPSA) is 65.5 Å².